The van der Waals surface area contributed by atoms with Crippen molar-refractivity contribution in [2.45, 2.75) is 63.8 Å². The number of aliphatic hydroxyl groups is 1. The van der Waals surface area contributed by atoms with Crippen molar-refractivity contribution in [3.05, 3.63) is 59.5 Å². The van der Waals surface area contributed by atoms with Crippen LogP contribution in [0.15, 0.2) is 52.1 Å². The minimum atomic E-state index is -0.184. The second-order valence-corrected chi connectivity index (χ2v) is 8.49. The standard InChI is InChI=1S/C24H34N4O2.HI/c29-22-12-14-28(18-22)17-20-7-2-1-6-19(20)16-26-24(27-21-8-3-4-9-21)25-13-11-23-10-5-15-30-23;/h1-2,5-7,10,15,21-22,29H,3-4,8-9,11-14,16-18H2,(H2,25,26,27);1H. The maximum absolute atomic E-state index is 9.82. The number of nitrogens with one attached hydrogen (secondary N) is 2. The minimum absolute atomic E-state index is 0. The Balaban J connectivity index is 0.00000272. The lowest BCUT2D eigenvalue weighted by molar-refractivity contribution is 0.174. The Labute approximate surface area is 202 Å². The van der Waals surface area contributed by atoms with Crippen LogP contribution in [0.3, 0.4) is 0 Å². The summed E-state index contributed by atoms with van der Waals surface area (Å²) >= 11 is 0. The van der Waals surface area contributed by atoms with E-state index in [1.807, 2.05) is 12.1 Å². The first-order valence-electron chi connectivity index (χ1n) is 11.3. The van der Waals surface area contributed by atoms with Crippen LogP contribution < -0.4 is 10.6 Å². The highest BCUT2D eigenvalue weighted by molar-refractivity contribution is 14.0. The minimum Gasteiger partial charge on any atom is -0.469 e. The number of aliphatic imine (C=N–C) groups is 1. The highest BCUT2D eigenvalue weighted by Gasteiger charge is 2.21. The van der Waals surface area contributed by atoms with Crippen molar-refractivity contribution in [2.75, 3.05) is 19.6 Å². The second-order valence-electron chi connectivity index (χ2n) is 8.49. The van der Waals surface area contributed by atoms with E-state index in [9.17, 15) is 5.11 Å². The predicted octanol–water partition coefficient (Wildman–Crippen LogP) is 3.68. The van der Waals surface area contributed by atoms with Crippen molar-refractivity contribution in [1.82, 2.24) is 15.5 Å². The molecule has 1 saturated heterocycles. The summed E-state index contributed by atoms with van der Waals surface area (Å²) in [5.74, 6) is 1.88. The number of nitrogens with zero attached hydrogens (tertiary/aromatic N) is 2. The molecule has 0 spiro atoms. The molecule has 0 amide bonds. The van der Waals surface area contributed by atoms with E-state index in [-0.39, 0.29) is 30.1 Å². The number of likely N-dealkylation sites (tertiary alicyclic amines) is 1. The van der Waals surface area contributed by atoms with Gasteiger partial charge in [0.1, 0.15) is 5.76 Å². The lowest BCUT2D eigenvalue weighted by atomic mass is 10.1. The van der Waals surface area contributed by atoms with E-state index in [1.165, 1.54) is 36.8 Å². The quantitative estimate of drug-likeness (QED) is 0.272. The lowest BCUT2D eigenvalue weighted by Gasteiger charge is -2.19. The summed E-state index contributed by atoms with van der Waals surface area (Å²) in [7, 11) is 0. The Kier molecular flexibility index (Phi) is 9.67. The summed E-state index contributed by atoms with van der Waals surface area (Å²) < 4.78 is 5.44. The zero-order valence-electron chi connectivity index (χ0n) is 18.1. The molecule has 4 rings (SSSR count). The maximum Gasteiger partial charge on any atom is 0.191 e. The summed E-state index contributed by atoms with van der Waals surface area (Å²) in [5, 5.41) is 16.9. The maximum atomic E-state index is 9.82. The van der Waals surface area contributed by atoms with Gasteiger partial charge in [-0.1, -0.05) is 37.1 Å². The van der Waals surface area contributed by atoms with Crippen LogP contribution >= 0.6 is 24.0 Å². The van der Waals surface area contributed by atoms with Gasteiger partial charge in [-0.25, -0.2) is 4.99 Å². The molecule has 31 heavy (non-hydrogen) atoms. The zero-order chi connectivity index (χ0) is 20.6. The number of rotatable bonds is 8. The van der Waals surface area contributed by atoms with Crippen LogP contribution in [0.2, 0.25) is 0 Å². The fraction of sp³-hybridized carbons (Fsp3) is 0.542. The van der Waals surface area contributed by atoms with Crippen molar-refractivity contribution in [3.8, 4) is 0 Å². The Morgan fingerprint density at radius 3 is 2.61 bits per heavy atom. The van der Waals surface area contributed by atoms with Crippen LogP contribution in [-0.2, 0) is 19.5 Å². The number of benzene rings is 1. The first kappa shape index (κ1) is 24.1. The summed E-state index contributed by atoms with van der Waals surface area (Å²) in [6.45, 7) is 4.04. The molecule has 1 unspecified atom stereocenters. The largest absolute Gasteiger partial charge is 0.469 e. The van der Waals surface area contributed by atoms with Gasteiger partial charge < -0.3 is 20.2 Å². The van der Waals surface area contributed by atoms with E-state index in [1.54, 1.807) is 6.26 Å². The average molecular weight is 538 g/mol. The average Bonchev–Trinajstić information content (AvgIpc) is 3.51. The zero-order valence-corrected chi connectivity index (χ0v) is 20.5. The lowest BCUT2D eigenvalue weighted by Crippen LogP contribution is -2.43. The molecule has 1 aromatic carbocycles. The Morgan fingerprint density at radius 1 is 1.10 bits per heavy atom. The number of halogens is 1. The van der Waals surface area contributed by atoms with E-state index in [0.717, 1.165) is 50.7 Å². The number of furan rings is 1. The molecule has 2 heterocycles. The fourth-order valence-corrected chi connectivity index (χ4v) is 4.40. The number of aliphatic hydroxyl groups excluding tert-OH is 1. The van der Waals surface area contributed by atoms with Gasteiger partial charge >= 0.3 is 0 Å². The van der Waals surface area contributed by atoms with E-state index in [4.69, 9.17) is 9.41 Å². The van der Waals surface area contributed by atoms with Gasteiger partial charge in [-0.2, -0.15) is 0 Å². The van der Waals surface area contributed by atoms with E-state index < -0.39 is 0 Å². The Morgan fingerprint density at radius 2 is 1.90 bits per heavy atom. The Bertz CT molecular complexity index is 806. The summed E-state index contributed by atoms with van der Waals surface area (Å²) in [4.78, 5) is 7.25. The van der Waals surface area contributed by atoms with E-state index in [2.05, 4.69) is 39.8 Å². The van der Waals surface area contributed by atoms with Gasteiger partial charge in [0.05, 0.1) is 18.9 Å². The molecule has 2 aromatic rings. The first-order chi connectivity index (χ1) is 14.8. The Hall–Kier alpha value is -1.58. The first-order valence-corrected chi connectivity index (χ1v) is 11.3. The number of β-amino-alcohol motifs (C(OH)–C–C–N with tert-alkyl or cyclic N) is 1. The van der Waals surface area contributed by atoms with Crippen molar-refractivity contribution in [3.63, 3.8) is 0 Å². The smallest absolute Gasteiger partial charge is 0.191 e. The van der Waals surface area contributed by atoms with Crippen molar-refractivity contribution in [1.29, 1.82) is 0 Å². The molecule has 1 atom stereocenters. The molecular formula is C24H35IN4O2. The molecule has 0 bridgehead atoms. The molecule has 170 valence electrons. The molecule has 3 N–H and O–H groups in total. The normalized spacial score (nSPS) is 20.0. The molecule has 1 aliphatic heterocycles. The second kappa shape index (κ2) is 12.5. The molecule has 2 fully saturated rings. The SMILES string of the molecule is I.OC1CCN(Cc2ccccc2CN=C(NCCc2ccco2)NC2CCCC2)C1. The van der Waals surface area contributed by atoms with Gasteiger partial charge in [-0.3, -0.25) is 4.90 Å². The molecule has 1 aliphatic carbocycles. The van der Waals surface area contributed by atoms with Crippen LogP contribution in [0.1, 0.15) is 49.0 Å². The number of guanidine groups is 1. The highest BCUT2D eigenvalue weighted by atomic mass is 127. The molecule has 2 aliphatic rings. The van der Waals surface area contributed by atoms with E-state index >= 15 is 0 Å². The molecule has 0 radical (unpaired) electrons. The molecule has 6 nitrogen and oxygen atoms in total. The third kappa shape index (κ3) is 7.50. The van der Waals surface area contributed by atoms with Gasteiger partial charge in [-0.15, -0.1) is 24.0 Å². The van der Waals surface area contributed by atoms with Crippen LogP contribution in [0, 0.1) is 0 Å². The molecular weight excluding hydrogens is 503 g/mol. The van der Waals surface area contributed by atoms with Crippen molar-refractivity contribution >= 4 is 29.9 Å². The summed E-state index contributed by atoms with van der Waals surface area (Å²) in [6.07, 6.45) is 8.26. The molecule has 1 aromatic heterocycles. The number of hydrogen-bond acceptors (Lipinski definition) is 4. The van der Waals surface area contributed by atoms with Gasteiger partial charge in [0.2, 0.25) is 0 Å². The van der Waals surface area contributed by atoms with Crippen LogP contribution in [0.5, 0.6) is 0 Å². The van der Waals surface area contributed by atoms with Gasteiger partial charge in [0.25, 0.3) is 0 Å². The molecule has 1 saturated carbocycles. The van der Waals surface area contributed by atoms with E-state index in [0.29, 0.717) is 12.6 Å². The monoisotopic (exact) mass is 538 g/mol. The van der Waals surface area contributed by atoms with Gasteiger partial charge in [0.15, 0.2) is 5.96 Å². The predicted molar refractivity (Wildman–Crippen MR) is 135 cm³/mol. The van der Waals surface area contributed by atoms with Crippen molar-refractivity contribution in [2.24, 2.45) is 4.99 Å². The van der Waals surface area contributed by atoms with Crippen LogP contribution in [0.25, 0.3) is 0 Å². The highest BCUT2D eigenvalue weighted by Crippen LogP contribution is 2.19. The number of hydrogen-bond donors (Lipinski definition) is 3. The third-order valence-electron chi connectivity index (χ3n) is 6.11. The van der Waals surface area contributed by atoms with Crippen LogP contribution in [0.4, 0.5) is 0 Å². The van der Waals surface area contributed by atoms with Crippen molar-refractivity contribution < 1.29 is 9.52 Å². The van der Waals surface area contributed by atoms with Gasteiger partial charge in [-0.05, 0) is 42.5 Å². The summed E-state index contributed by atoms with van der Waals surface area (Å²) in [6, 6.07) is 13.0. The summed E-state index contributed by atoms with van der Waals surface area (Å²) in [5.41, 5.74) is 2.54. The fourth-order valence-electron chi connectivity index (χ4n) is 4.40. The van der Waals surface area contributed by atoms with Gasteiger partial charge in [0, 0.05) is 38.6 Å². The molecule has 7 heteroatoms. The topological polar surface area (TPSA) is 73.0 Å². The van der Waals surface area contributed by atoms with Crippen LogP contribution in [-0.4, -0.2) is 47.7 Å². The third-order valence-corrected chi connectivity index (χ3v) is 6.11.